The highest BCUT2D eigenvalue weighted by Crippen LogP contribution is 2.18. The topological polar surface area (TPSA) is 27.7 Å². The molecule has 0 aromatic heterocycles. The molecular formula is C36H68Br2O3. The molecule has 0 aliphatic heterocycles. The van der Waals surface area contributed by atoms with Gasteiger partial charge in [0.05, 0.1) is 0 Å². The van der Waals surface area contributed by atoms with E-state index in [0.29, 0.717) is 25.4 Å². The predicted molar refractivity (Wildman–Crippen MR) is 188 cm³/mol. The van der Waals surface area contributed by atoms with Gasteiger partial charge < -0.3 is 14.2 Å². The van der Waals surface area contributed by atoms with E-state index in [2.05, 4.69) is 70.0 Å². The van der Waals surface area contributed by atoms with E-state index < -0.39 is 0 Å². The summed E-state index contributed by atoms with van der Waals surface area (Å²) < 4.78 is 17.1. The van der Waals surface area contributed by atoms with Crippen LogP contribution in [-0.2, 0) is 14.2 Å². The monoisotopic (exact) mass is 706 g/mol. The van der Waals surface area contributed by atoms with Gasteiger partial charge in [-0.3, -0.25) is 0 Å². The van der Waals surface area contributed by atoms with Gasteiger partial charge >= 0.3 is 0 Å². The van der Waals surface area contributed by atoms with Crippen molar-refractivity contribution in [2.75, 3.05) is 37.5 Å². The average Bonchev–Trinajstić information content (AvgIpc) is 2.98. The van der Waals surface area contributed by atoms with Crippen molar-refractivity contribution >= 4 is 31.9 Å². The molecule has 0 aromatic carbocycles. The molecular weight excluding hydrogens is 640 g/mol. The zero-order chi connectivity index (χ0) is 29.9. The van der Waals surface area contributed by atoms with Crippen LogP contribution in [0.2, 0.25) is 0 Å². The van der Waals surface area contributed by atoms with Crippen molar-refractivity contribution in [1.29, 1.82) is 0 Å². The Hall–Kier alpha value is 0.320. The van der Waals surface area contributed by atoms with Crippen LogP contribution in [0.25, 0.3) is 0 Å². The third-order valence-electron chi connectivity index (χ3n) is 7.78. The van der Waals surface area contributed by atoms with Gasteiger partial charge in [0.25, 0.3) is 0 Å². The van der Waals surface area contributed by atoms with Crippen LogP contribution in [0.1, 0.15) is 155 Å². The molecule has 0 aliphatic carbocycles. The van der Waals surface area contributed by atoms with Gasteiger partial charge in [-0.1, -0.05) is 147 Å². The maximum Gasteiger partial charge on any atom is 0.149 e. The van der Waals surface area contributed by atoms with Crippen LogP contribution in [0.3, 0.4) is 0 Å². The number of halogens is 2. The van der Waals surface area contributed by atoms with Crippen LogP contribution in [0, 0.1) is 11.8 Å². The Balaban J connectivity index is 3.90. The van der Waals surface area contributed by atoms with E-state index in [0.717, 1.165) is 36.7 Å². The molecule has 0 heterocycles. The second kappa shape index (κ2) is 36.5. The van der Waals surface area contributed by atoms with Crippen molar-refractivity contribution in [3.05, 3.63) is 24.3 Å². The molecule has 0 fully saturated rings. The summed E-state index contributed by atoms with van der Waals surface area (Å²) in [6, 6.07) is 0. The molecule has 0 saturated heterocycles. The predicted octanol–water partition coefficient (Wildman–Crippen LogP) is 12.7. The highest BCUT2D eigenvalue weighted by Gasteiger charge is 2.06. The largest absolute Gasteiger partial charge is 0.355 e. The van der Waals surface area contributed by atoms with Crippen molar-refractivity contribution in [3.63, 3.8) is 0 Å². The van der Waals surface area contributed by atoms with Crippen molar-refractivity contribution < 1.29 is 14.2 Å². The first-order chi connectivity index (χ1) is 20.3. The fourth-order valence-corrected chi connectivity index (χ4v) is 5.84. The summed E-state index contributed by atoms with van der Waals surface area (Å²) in [7, 11) is 0. The second-order valence-corrected chi connectivity index (χ2v) is 13.3. The lowest BCUT2D eigenvalue weighted by molar-refractivity contribution is -0.133. The lowest BCUT2D eigenvalue weighted by Gasteiger charge is -2.14. The van der Waals surface area contributed by atoms with Crippen molar-refractivity contribution in [2.24, 2.45) is 11.8 Å². The van der Waals surface area contributed by atoms with E-state index in [9.17, 15) is 0 Å². The summed E-state index contributed by atoms with van der Waals surface area (Å²) in [6.07, 6.45) is 38.2. The molecule has 0 radical (unpaired) electrons. The number of hydrogen-bond donors (Lipinski definition) is 0. The summed E-state index contributed by atoms with van der Waals surface area (Å²) >= 11 is 7.03. The molecule has 2 unspecified atom stereocenters. The maximum atomic E-state index is 5.78. The summed E-state index contributed by atoms with van der Waals surface area (Å²) in [5.74, 6) is 1.25. The molecule has 0 rings (SSSR count). The SMILES string of the molecule is CCCCC(C=CCCCCCCCCBr)CCOCOCOCCC(C=CCCCCCCCCBr)CCCC. The Kier molecular flexibility index (Phi) is 36.8. The lowest BCUT2D eigenvalue weighted by Crippen LogP contribution is -2.10. The maximum absolute atomic E-state index is 5.78. The quantitative estimate of drug-likeness (QED) is 0.0288. The molecule has 0 N–H and O–H groups in total. The number of unbranched alkanes of at least 4 members (excludes halogenated alkanes) is 14. The van der Waals surface area contributed by atoms with Crippen LogP contribution in [0.4, 0.5) is 0 Å². The number of hydrogen-bond acceptors (Lipinski definition) is 3. The minimum atomic E-state index is 0.328. The zero-order valence-corrected chi connectivity index (χ0v) is 30.4. The normalized spacial score (nSPS) is 13.6. The minimum absolute atomic E-state index is 0.328. The van der Waals surface area contributed by atoms with Gasteiger partial charge in [0.1, 0.15) is 13.6 Å². The molecule has 5 heteroatoms. The smallest absolute Gasteiger partial charge is 0.149 e. The molecule has 0 bridgehead atoms. The van der Waals surface area contributed by atoms with Crippen molar-refractivity contribution in [1.82, 2.24) is 0 Å². The molecule has 0 aliphatic rings. The average molecular weight is 709 g/mol. The number of rotatable bonds is 34. The Bertz CT molecular complexity index is 495. The third-order valence-corrected chi connectivity index (χ3v) is 8.90. The Labute approximate surface area is 273 Å². The van der Waals surface area contributed by atoms with Crippen LogP contribution in [-0.4, -0.2) is 37.5 Å². The van der Waals surface area contributed by atoms with Crippen LogP contribution in [0.15, 0.2) is 24.3 Å². The van der Waals surface area contributed by atoms with Gasteiger partial charge in [-0.25, -0.2) is 0 Å². The van der Waals surface area contributed by atoms with Crippen LogP contribution in [0.5, 0.6) is 0 Å². The van der Waals surface area contributed by atoms with E-state index in [1.54, 1.807) is 0 Å². The number of allylic oxidation sites excluding steroid dienone is 4. The summed E-state index contributed by atoms with van der Waals surface area (Å²) in [5.41, 5.74) is 0. The van der Waals surface area contributed by atoms with Gasteiger partial charge in [-0.15, -0.1) is 0 Å². The van der Waals surface area contributed by atoms with E-state index in [4.69, 9.17) is 14.2 Å². The fourth-order valence-electron chi connectivity index (χ4n) is 5.05. The summed E-state index contributed by atoms with van der Waals surface area (Å²) in [5, 5.41) is 2.30. The van der Waals surface area contributed by atoms with E-state index in [1.165, 1.54) is 128 Å². The first-order valence-corrected chi connectivity index (χ1v) is 19.7. The molecule has 0 amide bonds. The molecule has 3 nitrogen and oxygen atoms in total. The molecule has 0 aromatic rings. The van der Waals surface area contributed by atoms with Crippen molar-refractivity contribution in [3.8, 4) is 0 Å². The Morgan fingerprint density at radius 2 is 0.854 bits per heavy atom. The van der Waals surface area contributed by atoms with Gasteiger partial charge in [0, 0.05) is 23.9 Å². The first kappa shape index (κ1) is 41.3. The standard InChI is InChI=1S/C36H68Br2O3/c1-3-5-23-35(25-19-15-11-7-9-13-17-21-29-37)27-31-39-33-41-34-40-32-28-36(24-6-4-2)26-20-16-12-8-10-14-18-22-30-38/h19-20,25-26,35-36H,3-18,21-24,27-34H2,1-2H3. The first-order valence-electron chi connectivity index (χ1n) is 17.5. The molecule has 2 atom stereocenters. The molecule has 244 valence electrons. The fraction of sp³-hybridized carbons (Fsp3) is 0.889. The molecule has 41 heavy (non-hydrogen) atoms. The molecule has 0 saturated carbocycles. The minimum Gasteiger partial charge on any atom is -0.355 e. The highest BCUT2D eigenvalue weighted by molar-refractivity contribution is 9.09. The zero-order valence-electron chi connectivity index (χ0n) is 27.2. The van der Waals surface area contributed by atoms with Crippen LogP contribution < -0.4 is 0 Å². The lowest BCUT2D eigenvalue weighted by atomic mass is 9.97. The van der Waals surface area contributed by atoms with Gasteiger partial charge in [0.15, 0.2) is 0 Å². The number of alkyl halides is 2. The summed E-state index contributed by atoms with van der Waals surface area (Å²) in [6.45, 7) is 6.72. The van der Waals surface area contributed by atoms with E-state index in [1.807, 2.05) is 0 Å². The second-order valence-electron chi connectivity index (χ2n) is 11.7. The van der Waals surface area contributed by atoms with Gasteiger partial charge in [-0.2, -0.15) is 0 Å². The van der Waals surface area contributed by atoms with Crippen LogP contribution >= 0.6 is 31.9 Å². The molecule has 0 spiro atoms. The number of ether oxygens (including phenoxy) is 3. The highest BCUT2D eigenvalue weighted by atomic mass is 79.9. The van der Waals surface area contributed by atoms with Gasteiger partial charge in [0.2, 0.25) is 0 Å². The van der Waals surface area contributed by atoms with E-state index in [-0.39, 0.29) is 0 Å². The van der Waals surface area contributed by atoms with Crippen molar-refractivity contribution in [2.45, 2.75) is 155 Å². The van der Waals surface area contributed by atoms with Gasteiger partial charge in [-0.05, 0) is 76.0 Å². The van der Waals surface area contributed by atoms with E-state index >= 15 is 0 Å². The third kappa shape index (κ3) is 33.1. The Morgan fingerprint density at radius 1 is 0.463 bits per heavy atom. The summed E-state index contributed by atoms with van der Waals surface area (Å²) in [4.78, 5) is 0. The Morgan fingerprint density at radius 3 is 1.24 bits per heavy atom.